The Hall–Kier alpha value is -1.11. The molecule has 0 saturated carbocycles. The molecule has 0 atom stereocenters. The Morgan fingerprint density at radius 1 is 1.56 bits per heavy atom. The highest BCUT2D eigenvalue weighted by Crippen LogP contribution is 2.24. The van der Waals surface area contributed by atoms with E-state index in [4.69, 9.17) is 10.2 Å². The van der Waals surface area contributed by atoms with Gasteiger partial charge >= 0.3 is 0 Å². The maximum Gasteiger partial charge on any atom is 0.247 e. The fraction of sp³-hybridized carbons (Fsp3) is 0.500. The number of furan rings is 1. The molecule has 0 aromatic carbocycles. The highest BCUT2D eigenvalue weighted by molar-refractivity contribution is 7.89. The normalized spacial score (nSPS) is 12.3. The van der Waals surface area contributed by atoms with Crippen LogP contribution >= 0.6 is 0 Å². The minimum absolute atomic E-state index is 0.149. The number of nitrogens with two attached hydrogens (primary N) is 1. The molecule has 18 heavy (non-hydrogen) atoms. The van der Waals surface area contributed by atoms with Gasteiger partial charge in [-0.3, -0.25) is 0 Å². The van der Waals surface area contributed by atoms with Gasteiger partial charge in [0.15, 0.2) is 0 Å². The van der Waals surface area contributed by atoms with E-state index in [0.29, 0.717) is 11.5 Å². The summed E-state index contributed by atoms with van der Waals surface area (Å²) in [7, 11) is -3.57. The van der Waals surface area contributed by atoms with Gasteiger partial charge in [0.05, 0.1) is 6.54 Å². The first kappa shape index (κ1) is 14.9. The lowest BCUT2D eigenvalue weighted by atomic mass is 10.4. The van der Waals surface area contributed by atoms with Crippen LogP contribution in [0.15, 0.2) is 28.0 Å². The predicted octanol–water partition coefficient (Wildman–Crippen LogP) is 1.63. The molecule has 0 unspecified atom stereocenters. The van der Waals surface area contributed by atoms with Crippen molar-refractivity contribution in [2.45, 2.75) is 38.3 Å². The van der Waals surface area contributed by atoms with Gasteiger partial charge in [-0.15, -0.1) is 6.58 Å². The summed E-state index contributed by atoms with van der Waals surface area (Å²) in [6.07, 6.45) is 1.57. The van der Waals surface area contributed by atoms with Crippen LogP contribution in [0.25, 0.3) is 0 Å². The second kappa shape index (κ2) is 5.69. The summed E-state index contributed by atoms with van der Waals surface area (Å²) < 4.78 is 31.7. The number of nitrogens with zero attached hydrogens (tertiary/aromatic N) is 1. The van der Waals surface area contributed by atoms with Crippen LogP contribution in [0.3, 0.4) is 0 Å². The van der Waals surface area contributed by atoms with Crippen LogP contribution < -0.4 is 5.73 Å². The highest BCUT2D eigenvalue weighted by Gasteiger charge is 2.29. The molecule has 102 valence electrons. The lowest BCUT2D eigenvalue weighted by Crippen LogP contribution is -2.37. The molecule has 2 N–H and O–H groups in total. The molecule has 0 saturated heterocycles. The van der Waals surface area contributed by atoms with Gasteiger partial charge < -0.3 is 10.2 Å². The van der Waals surface area contributed by atoms with Crippen molar-refractivity contribution in [3.8, 4) is 0 Å². The lowest BCUT2D eigenvalue weighted by Gasteiger charge is -2.24. The molecule has 0 spiro atoms. The summed E-state index contributed by atoms with van der Waals surface area (Å²) in [6, 6.07) is 1.34. The van der Waals surface area contributed by atoms with Crippen LogP contribution in [-0.4, -0.2) is 25.3 Å². The molecular formula is C12H20N2O3S. The van der Waals surface area contributed by atoms with Crippen molar-refractivity contribution in [2.75, 3.05) is 6.54 Å². The highest BCUT2D eigenvalue weighted by atomic mass is 32.2. The Morgan fingerprint density at radius 2 is 2.17 bits per heavy atom. The molecule has 0 aliphatic heterocycles. The molecule has 0 aliphatic carbocycles. The maximum absolute atomic E-state index is 12.5. The quantitative estimate of drug-likeness (QED) is 0.799. The van der Waals surface area contributed by atoms with Crippen molar-refractivity contribution >= 4 is 10.0 Å². The molecular weight excluding hydrogens is 252 g/mol. The van der Waals surface area contributed by atoms with Gasteiger partial charge in [-0.1, -0.05) is 6.08 Å². The average molecular weight is 272 g/mol. The third kappa shape index (κ3) is 2.82. The number of rotatable bonds is 6. The Balaban J connectivity index is 3.25. The van der Waals surface area contributed by atoms with Crippen molar-refractivity contribution in [1.29, 1.82) is 0 Å². The van der Waals surface area contributed by atoms with Gasteiger partial charge in [0.2, 0.25) is 10.0 Å². The average Bonchev–Trinajstić information content (AvgIpc) is 2.67. The summed E-state index contributed by atoms with van der Waals surface area (Å²) in [5, 5.41) is 0. The van der Waals surface area contributed by atoms with Crippen LogP contribution in [0, 0.1) is 6.92 Å². The van der Waals surface area contributed by atoms with Crippen LogP contribution in [0.5, 0.6) is 0 Å². The largest absolute Gasteiger partial charge is 0.464 e. The fourth-order valence-electron chi connectivity index (χ4n) is 1.72. The smallest absolute Gasteiger partial charge is 0.247 e. The number of aryl methyl sites for hydroxylation is 1. The third-order valence-electron chi connectivity index (χ3n) is 2.60. The summed E-state index contributed by atoms with van der Waals surface area (Å²) in [5.74, 6) is 0.832. The Labute approximate surface area is 108 Å². The molecule has 0 radical (unpaired) electrons. The van der Waals surface area contributed by atoms with E-state index >= 15 is 0 Å². The summed E-state index contributed by atoms with van der Waals surface area (Å²) in [5.41, 5.74) is 5.45. The zero-order valence-electron chi connectivity index (χ0n) is 11.0. The first-order valence-corrected chi connectivity index (χ1v) is 7.20. The van der Waals surface area contributed by atoms with Crippen LogP contribution in [-0.2, 0) is 16.6 Å². The first-order valence-electron chi connectivity index (χ1n) is 5.76. The first-order chi connectivity index (χ1) is 8.34. The number of sulfonamides is 1. The molecule has 0 amide bonds. The van der Waals surface area contributed by atoms with Crippen LogP contribution in [0.2, 0.25) is 0 Å². The lowest BCUT2D eigenvalue weighted by molar-refractivity contribution is 0.381. The Morgan fingerprint density at radius 3 is 2.56 bits per heavy atom. The molecule has 1 aromatic heterocycles. The molecule has 5 nitrogen and oxygen atoms in total. The van der Waals surface area contributed by atoms with E-state index in [9.17, 15) is 8.42 Å². The second-order valence-electron chi connectivity index (χ2n) is 4.29. The van der Waals surface area contributed by atoms with E-state index in [2.05, 4.69) is 6.58 Å². The van der Waals surface area contributed by atoms with Crippen LogP contribution in [0.1, 0.15) is 25.4 Å². The van der Waals surface area contributed by atoms with Crippen molar-refractivity contribution < 1.29 is 12.8 Å². The zero-order valence-corrected chi connectivity index (χ0v) is 11.8. The summed E-state index contributed by atoms with van der Waals surface area (Å²) in [4.78, 5) is 0.179. The van der Waals surface area contributed by atoms with Crippen molar-refractivity contribution in [3.63, 3.8) is 0 Å². The van der Waals surface area contributed by atoms with E-state index < -0.39 is 10.0 Å². The second-order valence-corrected chi connectivity index (χ2v) is 6.15. The van der Waals surface area contributed by atoms with Gasteiger partial charge in [-0.25, -0.2) is 8.42 Å². The van der Waals surface area contributed by atoms with Gasteiger partial charge in [-0.05, 0) is 20.8 Å². The molecule has 0 bridgehead atoms. The molecule has 0 aliphatic rings. The van der Waals surface area contributed by atoms with E-state index in [1.54, 1.807) is 13.0 Å². The molecule has 1 aromatic rings. The molecule has 1 rings (SSSR count). The topological polar surface area (TPSA) is 76.5 Å². The van der Waals surface area contributed by atoms with Crippen molar-refractivity contribution in [2.24, 2.45) is 5.73 Å². The molecule has 1 heterocycles. The number of hydrogen-bond acceptors (Lipinski definition) is 4. The summed E-state index contributed by atoms with van der Waals surface area (Å²) >= 11 is 0. The Kier molecular flexibility index (Phi) is 4.72. The standard InChI is InChI=1S/C12H20N2O3S/c1-5-6-14(9(2)3)18(15,16)12-7-11(8-13)17-10(12)4/h5,7,9H,1,6,8,13H2,2-4H3. The van der Waals surface area contributed by atoms with Gasteiger partial charge in [0.25, 0.3) is 0 Å². The van der Waals surface area contributed by atoms with Gasteiger partial charge in [0.1, 0.15) is 16.4 Å². The maximum atomic E-state index is 12.5. The zero-order chi connectivity index (χ0) is 13.9. The van der Waals surface area contributed by atoms with E-state index in [1.165, 1.54) is 10.4 Å². The Bertz CT molecular complexity index is 517. The third-order valence-corrected chi connectivity index (χ3v) is 4.75. The van der Waals surface area contributed by atoms with E-state index in [0.717, 1.165) is 0 Å². The van der Waals surface area contributed by atoms with Gasteiger partial charge in [0, 0.05) is 18.7 Å². The minimum atomic E-state index is -3.57. The molecule has 0 fully saturated rings. The predicted molar refractivity (Wildman–Crippen MR) is 70.6 cm³/mol. The monoisotopic (exact) mass is 272 g/mol. The van der Waals surface area contributed by atoms with Crippen molar-refractivity contribution in [1.82, 2.24) is 4.31 Å². The SMILES string of the molecule is C=CCN(C(C)C)S(=O)(=O)c1cc(CN)oc1C. The summed E-state index contributed by atoms with van der Waals surface area (Å²) in [6.45, 7) is 9.29. The van der Waals surface area contributed by atoms with Crippen molar-refractivity contribution in [3.05, 3.63) is 30.2 Å². The number of hydrogen-bond donors (Lipinski definition) is 1. The fourth-order valence-corrected chi connectivity index (χ4v) is 3.52. The van der Waals surface area contributed by atoms with E-state index in [1.807, 2.05) is 13.8 Å². The minimum Gasteiger partial charge on any atom is -0.464 e. The van der Waals surface area contributed by atoms with E-state index in [-0.39, 0.29) is 24.0 Å². The molecule has 6 heteroatoms. The van der Waals surface area contributed by atoms with Crippen LogP contribution in [0.4, 0.5) is 0 Å². The van der Waals surface area contributed by atoms with Gasteiger partial charge in [-0.2, -0.15) is 4.31 Å².